The van der Waals surface area contributed by atoms with Crippen molar-refractivity contribution in [3.05, 3.63) is 59.2 Å². The Balaban J connectivity index is 1.67. The van der Waals surface area contributed by atoms with Crippen LogP contribution in [0.3, 0.4) is 0 Å². The number of benzene rings is 1. The van der Waals surface area contributed by atoms with Crippen LogP contribution in [0.1, 0.15) is 97.8 Å². The lowest BCUT2D eigenvalue weighted by Crippen LogP contribution is -2.17. The van der Waals surface area contributed by atoms with Gasteiger partial charge >= 0.3 is 0 Å². The zero-order valence-corrected chi connectivity index (χ0v) is 22.2. The molecule has 3 aromatic rings. The maximum absolute atomic E-state index is 15.3. The van der Waals surface area contributed by atoms with E-state index in [9.17, 15) is 9.18 Å². The number of ether oxygens (including phenoxy) is 1. The molecule has 38 heavy (non-hydrogen) atoms. The molecule has 5 rings (SSSR count). The molecule has 2 saturated carbocycles. The Bertz CT molecular complexity index is 1290. The van der Waals surface area contributed by atoms with Crippen LogP contribution in [-0.4, -0.2) is 27.3 Å². The number of nitrogens with one attached hydrogen (secondary N) is 1. The molecule has 2 aliphatic carbocycles. The van der Waals surface area contributed by atoms with Gasteiger partial charge in [-0.25, -0.2) is 23.7 Å². The number of aromatic nitrogens is 3. The number of hydrogen-bond donors (Lipinski definition) is 1. The summed E-state index contributed by atoms with van der Waals surface area (Å²) in [7, 11) is 1.38. The van der Waals surface area contributed by atoms with E-state index in [0.717, 1.165) is 68.8 Å². The van der Waals surface area contributed by atoms with Crippen LogP contribution in [0.4, 0.5) is 20.3 Å². The number of pyridine rings is 1. The molecule has 2 aromatic heterocycles. The van der Waals surface area contributed by atoms with Crippen LogP contribution in [0.25, 0.3) is 11.3 Å². The van der Waals surface area contributed by atoms with E-state index in [1.807, 2.05) is 0 Å². The molecule has 1 N–H and O–H groups in total. The molecule has 0 amide bonds. The quantitative estimate of drug-likeness (QED) is 0.305. The van der Waals surface area contributed by atoms with Gasteiger partial charge in [0.2, 0.25) is 0 Å². The molecule has 0 radical (unpaired) electrons. The summed E-state index contributed by atoms with van der Waals surface area (Å²) in [4.78, 5) is 26.2. The third-order valence-electron chi connectivity index (χ3n) is 7.75. The molecule has 2 aliphatic rings. The molecule has 6 nitrogen and oxygen atoms in total. The molecule has 0 saturated heterocycles. The smallest absolute Gasteiger partial charge is 0.256 e. The number of carbonyl (C=O) groups is 1. The monoisotopic (exact) mass is 540 g/mol. The van der Waals surface area contributed by atoms with Gasteiger partial charge in [0.1, 0.15) is 29.4 Å². The zero-order chi connectivity index (χ0) is 26.6. The van der Waals surface area contributed by atoms with Gasteiger partial charge in [-0.2, -0.15) is 0 Å². The minimum atomic E-state index is -0.882. The van der Waals surface area contributed by atoms with Gasteiger partial charge in [0.15, 0.2) is 5.82 Å². The number of rotatable bonds is 7. The van der Waals surface area contributed by atoms with Crippen molar-refractivity contribution in [1.82, 2.24) is 15.0 Å². The maximum atomic E-state index is 15.3. The van der Waals surface area contributed by atoms with E-state index >= 15 is 4.39 Å². The average molecular weight is 541 g/mol. The van der Waals surface area contributed by atoms with E-state index < -0.39 is 16.9 Å². The Kier molecular flexibility index (Phi) is 8.17. The van der Waals surface area contributed by atoms with Crippen LogP contribution in [0, 0.1) is 11.6 Å². The Hall–Kier alpha value is -3.13. The summed E-state index contributed by atoms with van der Waals surface area (Å²) < 4.78 is 35.5. The first-order valence-corrected chi connectivity index (χ1v) is 13.7. The second-order valence-electron chi connectivity index (χ2n) is 10.1. The summed E-state index contributed by atoms with van der Waals surface area (Å²) in [5.41, 5.74) is 1.91. The molecular weight excluding hydrogens is 510 g/mol. The normalized spacial score (nSPS) is 16.8. The molecule has 0 aliphatic heterocycles. The first kappa shape index (κ1) is 26.5. The molecule has 9 heteroatoms. The fraction of sp³-hybridized carbons (Fsp3) is 0.448. The molecule has 0 atom stereocenters. The molecular formula is C29H31ClF2N4O2. The van der Waals surface area contributed by atoms with Crippen molar-refractivity contribution >= 4 is 28.3 Å². The average Bonchev–Trinajstić information content (AvgIpc) is 2.94. The molecule has 1 aromatic carbocycles. The number of anilines is 2. The summed E-state index contributed by atoms with van der Waals surface area (Å²) in [6.07, 6.45) is 12.5. The topological polar surface area (TPSA) is 77.0 Å². The third-order valence-corrected chi connectivity index (χ3v) is 7.96. The van der Waals surface area contributed by atoms with Crippen molar-refractivity contribution in [2.24, 2.45) is 0 Å². The molecule has 0 unspecified atom stereocenters. The number of carbonyl (C=O) groups excluding carboxylic acids is 1. The van der Waals surface area contributed by atoms with Gasteiger partial charge < -0.3 is 10.1 Å². The van der Waals surface area contributed by atoms with E-state index in [1.165, 1.54) is 38.2 Å². The Morgan fingerprint density at radius 2 is 1.55 bits per heavy atom. The highest BCUT2D eigenvalue weighted by atomic mass is 35.5. The van der Waals surface area contributed by atoms with E-state index in [0.29, 0.717) is 5.69 Å². The van der Waals surface area contributed by atoms with Crippen molar-refractivity contribution in [2.75, 3.05) is 12.4 Å². The van der Waals surface area contributed by atoms with Gasteiger partial charge in [0.05, 0.1) is 35.3 Å². The van der Waals surface area contributed by atoms with Gasteiger partial charge in [-0.15, -0.1) is 0 Å². The number of nitrogens with zero attached hydrogens (tertiary/aromatic N) is 3. The summed E-state index contributed by atoms with van der Waals surface area (Å²) in [5.74, 6) is -0.943. The van der Waals surface area contributed by atoms with Gasteiger partial charge in [-0.1, -0.05) is 44.6 Å². The van der Waals surface area contributed by atoms with E-state index in [-0.39, 0.29) is 40.2 Å². The Morgan fingerprint density at radius 3 is 2.11 bits per heavy atom. The van der Waals surface area contributed by atoms with E-state index in [1.54, 1.807) is 6.33 Å². The van der Waals surface area contributed by atoms with Gasteiger partial charge in [0.25, 0.3) is 5.24 Å². The van der Waals surface area contributed by atoms with E-state index in [4.69, 9.17) is 26.3 Å². The lowest BCUT2D eigenvalue weighted by molar-refractivity contribution is 0.108. The van der Waals surface area contributed by atoms with Crippen molar-refractivity contribution in [3.8, 4) is 17.0 Å². The van der Waals surface area contributed by atoms with Crippen molar-refractivity contribution in [1.29, 1.82) is 0 Å². The summed E-state index contributed by atoms with van der Waals surface area (Å²) >= 11 is 5.90. The highest BCUT2D eigenvalue weighted by Gasteiger charge is 2.29. The minimum Gasteiger partial charge on any atom is -0.496 e. The second kappa shape index (κ2) is 11.7. The molecule has 2 heterocycles. The number of hydrogen-bond acceptors (Lipinski definition) is 6. The predicted octanol–water partition coefficient (Wildman–Crippen LogP) is 8.04. The van der Waals surface area contributed by atoms with Crippen LogP contribution in [-0.2, 0) is 0 Å². The number of methoxy groups -OCH3 is 1. The fourth-order valence-electron chi connectivity index (χ4n) is 5.84. The third kappa shape index (κ3) is 5.37. The summed E-state index contributed by atoms with van der Waals surface area (Å²) in [6.45, 7) is 0. The SMILES string of the molecule is COc1cccc(F)c1-c1nc(Nc2c(C3CCCCC3)ncnc2C2CCCCC2)c(C(=O)Cl)cc1F. The first-order valence-electron chi connectivity index (χ1n) is 13.3. The van der Waals surface area contributed by atoms with E-state index in [2.05, 4.69) is 10.3 Å². The maximum Gasteiger partial charge on any atom is 0.256 e. The van der Waals surface area contributed by atoms with Crippen molar-refractivity contribution in [2.45, 2.75) is 76.0 Å². The zero-order valence-electron chi connectivity index (χ0n) is 21.4. The predicted molar refractivity (Wildman–Crippen MR) is 143 cm³/mol. The second-order valence-corrected chi connectivity index (χ2v) is 10.5. The fourth-order valence-corrected chi connectivity index (χ4v) is 5.99. The molecule has 200 valence electrons. The standard InChI is InChI=1S/C29H31ClF2N4O2/c1-38-22-14-8-13-20(31)23(22)26-21(32)15-19(28(30)37)29(35-26)36-27-24(17-9-4-2-5-10-17)33-16-34-25(27)18-11-6-3-7-12-18/h8,13-18H,2-7,9-12H2,1H3,(H,35,36). The van der Waals surface area contributed by atoms with Crippen LogP contribution in [0.15, 0.2) is 30.6 Å². The summed E-state index contributed by atoms with van der Waals surface area (Å²) in [6, 6.07) is 5.20. The molecule has 0 bridgehead atoms. The lowest BCUT2D eigenvalue weighted by atomic mass is 9.82. The van der Waals surface area contributed by atoms with Crippen LogP contribution >= 0.6 is 11.6 Å². The largest absolute Gasteiger partial charge is 0.496 e. The van der Waals surface area contributed by atoms with Gasteiger partial charge in [0, 0.05) is 11.8 Å². The molecule has 2 fully saturated rings. The van der Waals surface area contributed by atoms with Crippen LogP contribution < -0.4 is 10.1 Å². The number of halogens is 3. The molecule has 0 spiro atoms. The minimum absolute atomic E-state index is 0.0376. The van der Waals surface area contributed by atoms with Gasteiger partial charge in [-0.05, 0) is 55.5 Å². The lowest BCUT2D eigenvalue weighted by Gasteiger charge is -2.28. The summed E-state index contributed by atoms with van der Waals surface area (Å²) in [5, 5.41) is 2.43. The van der Waals surface area contributed by atoms with Crippen molar-refractivity contribution in [3.63, 3.8) is 0 Å². The highest BCUT2D eigenvalue weighted by Crippen LogP contribution is 2.43. The van der Waals surface area contributed by atoms with Crippen LogP contribution in [0.5, 0.6) is 5.75 Å². The first-order chi connectivity index (χ1) is 18.5. The van der Waals surface area contributed by atoms with Crippen LogP contribution in [0.2, 0.25) is 0 Å². The Labute approximate surface area is 226 Å². The van der Waals surface area contributed by atoms with Gasteiger partial charge in [-0.3, -0.25) is 4.79 Å². The Morgan fingerprint density at radius 1 is 0.947 bits per heavy atom. The highest BCUT2D eigenvalue weighted by molar-refractivity contribution is 6.68. The van der Waals surface area contributed by atoms with Crippen molar-refractivity contribution < 1.29 is 18.3 Å².